The normalized spacial score (nSPS) is 10.9. The number of nitrogens with two attached hydrogens (primary N) is 2. The molecule has 78 valence electrons. The highest BCUT2D eigenvalue weighted by atomic mass is 14.9. The number of hydrogen-bond donors (Lipinski definition) is 2. The van der Waals surface area contributed by atoms with Crippen molar-refractivity contribution in [3.05, 3.63) is 17.6 Å². The molecule has 0 aliphatic rings. The Balaban J connectivity index is 2.66. The molecule has 1 aromatic rings. The summed E-state index contributed by atoms with van der Waals surface area (Å²) in [5, 5.41) is 0. The minimum absolute atomic E-state index is 0.399. The largest absolute Gasteiger partial charge is 0.383 e. The van der Waals surface area contributed by atoms with Crippen LogP contribution in [0.1, 0.15) is 31.7 Å². The Morgan fingerprint density at radius 2 is 2.14 bits per heavy atom. The first-order chi connectivity index (χ1) is 6.63. The van der Waals surface area contributed by atoms with Gasteiger partial charge in [-0.05, 0) is 12.3 Å². The molecule has 4 N–H and O–H groups in total. The predicted molar refractivity (Wildman–Crippen MR) is 57.5 cm³/mol. The van der Waals surface area contributed by atoms with E-state index in [4.69, 9.17) is 11.5 Å². The van der Waals surface area contributed by atoms with Gasteiger partial charge in [-0.2, -0.15) is 0 Å². The molecule has 0 bridgehead atoms. The first-order valence-corrected chi connectivity index (χ1v) is 4.93. The van der Waals surface area contributed by atoms with E-state index < -0.39 is 0 Å². The molecule has 1 heterocycles. The van der Waals surface area contributed by atoms with Crippen LogP contribution in [0.4, 0.5) is 5.82 Å². The molecular formula is C10H18N4. The number of nitrogens with zero attached hydrogens (tertiary/aromatic N) is 2. The zero-order chi connectivity index (χ0) is 10.6. The molecule has 0 aliphatic heterocycles. The monoisotopic (exact) mass is 194 g/mol. The third-order valence-electron chi connectivity index (χ3n) is 2.11. The molecular weight excluding hydrogens is 176 g/mol. The van der Waals surface area contributed by atoms with E-state index in [0.29, 0.717) is 18.3 Å². The van der Waals surface area contributed by atoms with Gasteiger partial charge in [0.1, 0.15) is 11.6 Å². The average Bonchev–Trinajstić information content (AvgIpc) is 2.15. The van der Waals surface area contributed by atoms with Gasteiger partial charge in [0, 0.05) is 24.7 Å². The van der Waals surface area contributed by atoms with Crippen LogP contribution in [-0.4, -0.2) is 9.97 Å². The molecule has 1 aromatic heterocycles. The highest BCUT2D eigenvalue weighted by Gasteiger charge is 2.03. The van der Waals surface area contributed by atoms with E-state index in [0.717, 1.165) is 24.2 Å². The third-order valence-corrected chi connectivity index (χ3v) is 2.11. The molecule has 0 unspecified atom stereocenters. The lowest BCUT2D eigenvalue weighted by Crippen LogP contribution is -2.08. The fourth-order valence-corrected chi connectivity index (χ4v) is 1.15. The Labute approximate surface area is 84.7 Å². The van der Waals surface area contributed by atoms with Gasteiger partial charge in [0.2, 0.25) is 0 Å². The van der Waals surface area contributed by atoms with Crippen LogP contribution in [0.2, 0.25) is 0 Å². The molecule has 0 atom stereocenters. The van der Waals surface area contributed by atoms with Gasteiger partial charge in [-0.3, -0.25) is 0 Å². The van der Waals surface area contributed by atoms with Gasteiger partial charge in [-0.25, -0.2) is 9.97 Å². The average molecular weight is 194 g/mol. The molecule has 0 saturated carbocycles. The van der Waals surface area contributed by atoms with Crippen LogP contribution in [0, 0.1) is 5.92 Å². The van der Waals surface area contributed by atoms with Crippen molar-refractivity contribution in [2.24, 2.45) is 11.7 Å². The lowest BCUT2D eigenvalue weighted by Gasteiger charge is -2.06. The standard InChI is InChI=1S/C10H18N4/c1-7(2)3-4-9-13-6-8(5-11)10(12)14-9/h6-7H,3-5,11H2,1-2H3,(H2,12,13,14). The summed E-state index contributed by atoms with van der Waals surface area (Å²) in [5.41, 5.74) is 12.0. The highest BCUT2D eigenvalue weighted by Crippen LogP contribution is 2.09. The first-order valence-electron chi connectivity index (χ1n) is 4.93. The summed E-state index contributed by atoms with van der Waals surface area (Å²) in [4.78, 5) is 8.41. The SMILES string of the molecule is CC(C)CCc1ncc(CN)c(N)n1. The molecule has 0 saturated heterocycles. The summed E-state index contributed by atoms with van der Waals surface area (Å²) in [6, 6.07) is 0. The molecule has 0 radical (unpaired) electrons. The number of hydrogen-bond acceptors (Lipinski definition) is 4. The summed E-state index contributed by atoms with van der Waals surface area (Å²) in [6.07, 6.45) is 3.69. The molecule has 14 heavy (non-hydrogen) atoms. The van der Waals surface area contributed by atoms with Gasteiger partial charge in [-0.15, -0.1) is 0 Å². The summed E-state index contributed by atoms with van der Waals surface area (Å²) < 4.78 is 0. The maximum atomic E-state index is 5.71. The van der Waals surface area contributed by atoms with Crippen LogP contribution >= 0.6 is 0 Å². The summed E-state index contributed by atoms with van der Waals surface area (Å²) in [6.45, 7) is 4.76. The van der Waals surface area contributed by atoms with E-state index in [1.165, 1.54) is 0 Å². The van der Waals surface area contributed by atoms with E-state index in [2.05, 4.69) is 23.8 Å². The van der Waals surface area contributed by atoms with Gasteiger partial charge in [-0.1, -0.05) is 13.8 Å². The lowest BCUT2D eigenvalue weighted by atomic mass is 10.1. The first kappa shape index (κ1) is 10.9. The van der Waals surface area contributed by atoms with Crippen LogP contribution in [0.3, 0.4) is 0 Å². The van der Waals surface area contributed by atoms with Gasteiger partial charge in [0.25, 0.3) is 0 Å². The minimum atomic E-state index is 0.399. The van der Waals surface area contributed by atoms with Crippen LogP contribution < -0.4 is 11.5 Å². The van der Waals surface area contributed by atoms with Gasteiger partial charge >= 0.3 is 0 Å². The fraction of sp³-hybridized carbons (Fsp3) is 0.600. The fourth-order valence-electron chi connectivity index (χ4n) is 1.15. The summed E-state index contributed by atoms with van der Waals surface area (Å²) in [5.74, 6) is 1.99. The Morgan fingerprint density at radius 1 is 1.43 bits per heavy atom. The molecule has 0 aliphatic carbocycles. The smallest absolute Gasteiger partial charge is 0.131 e. The quantitative estimate of drug-likeness (QED) is 0.752. The molecule has 4 nitrogen and oxygen atoms in total. The van der Waals surface area contributed by atoms with Crippen molar-refractivity contribution < 1.29 is 0 Å². The molecule has 4 heteroatoms. The second kappa shape index (κ2) is 4.91. The number of aryl methyl sites for hydroxylation is 1. The van der Waals surface area contributed by atoms with Crippen LogP contribution in [0.5, 0.6) is 0 Å². The summed E-state index contributed by atoms with van der Waals surface area (Å²) in [7, 11) is 0. The number of aromatic nitrogens is 2. The highest BCUT2D eigenvalue weighted by molar-refractivity contribution is 5.37. The van der Waals surface area contributed by atoms with Crippen LogP contribution in [0.15, 0.2) is 6.20 Å². The zero-order valence-electron chi connectivity index (χ0n) is 8.83. The van der Waals surface area contributed by atoms with Crippen molar-refractivity contribution in [1.29, 1.82) is 0 Å². The van der Waals surface area contributed by atoms with Crippen molar-refractivity contribution >= 4 is 5.82 Å². The number of anilines is 1. The van der Waals surface area contributed by atoms with Crippen molar-refractivity contribution in [2.75, 3.05) is 5.73 Å². The van der Waals surface area contributed by atoms with Gasteiger partial charge in [0.15, 0.2) is 0 Å². The Kier molecular flexibility index (Phi) is 3.83. The molecule has 1 rings (SSSR count). The number of rotatable bonds is 4. The maximum Gasteiger partial charge on any atom is 0.131 e. The second-order valence-corrected chi connectivity index (χ2v) is 3.83. The van der Waals surface area contributed by atoms with E-state index >= 15 is 0 Å². The predicted octanol–water partition coefficient (Wildman–Crippen LogP) is 1.11. The topological polar surface area (TPSA) is 77.8 Å². The van der Waals surface area contributed by atoms with E-state index in [1.807, 2.05) is 0 Å². The Morgan fingerprint density at radius 3 is 2.64 bits per heavy atom. The Bertz CT molecular complexity index is 296. The molecule has 0 fully saturated rings. The molecule has 0 spiro atoms. The van der Waals surface area contributed by atoms with Crippen LogP contribution in [-0.2, 0) is 13.0 Å². The lowest BCUT2D eigenvalue weighted by molar-refractivity contribution is 0.574. The molecule has 0 amide bonds. The minimum Gasteiger partial charge on any atom is -0.383 e. The van der Waals surface area contributed by atoms with E-state index in [9.17, 15) is 0 Å². The Hall–Kier alpha value is -1.16. The third kappa shape index (κ3) is 2.96. The number of nitrogen functional groups attached to an aromatic ring is 1. The summed E-state index contributed by atoms with van der Waals surface area (Å²) >= 11 is 0. The van der Waals surface area contributed by atoms with Crippen LogP contribution in [0.25, 0.3) is 0 Å². The van der Waals surface area contributed by atoms with Crippen molar-refractivity contribution in [3.63, 3.8) is 0 Å². The van der Waals surface area contributed by atoms with E-state index in [1.54, 1.807) is 6.20 Å². The van der Waals surface area contributed by atoms with E-state index in [-0.39, 0.29) is 0 Å². The van der Waals surface area contributed by atoms with Gasteiger partial charge in [0.05, 0.1) is 0 Å². The zero-order valence-corrected chi connectivity index (χ0v) is 8.83. The van der Waals surface area contributed by atoms with Crippen molar-refractivity contribution in [1.82, 2.24) is 9.97 Å². The molecule has 0 aromatic carbocycles. The second-order valence-electron chi connectivity index (χ2n) is 3.83. The van der Waals surface area contributed by atoms with Gasteiger partial charge < -0.3 is 11.5 Å². The maximum absolute atomic E-state index is 5.71. The van der Waals surface area contributed by atoms with Crippen molar-refractivity contribution in [3.8, 4) is 0 Å². The van der Waals surface area contributed by atoms with Crippen molar-refractivity contribution in [2.45, 2.75) is 33.2 Å².